The molecule has 5 heteroatoms. The maximum Gasteiger partial charge on any atom is 0.261 e. The number of hydrogen-bond donors (Lipinski definition) is 1. The number of aromatic nitrogens is 1. The Bertz CT molecular complexity index is 984. The fourth-order valence-corrected chi connectivity index (χ4v) is 3.13. The van der Waals surface area contributed by atoms with Gasteiger partial charge in [0.1, 0.15) is 11.3 Å². The normalized spacial score (nSPS) is 13.6. The lowest BCUT2D eigenvalue weighted by molar-refractivity contribution is 0.0728. The van der Waals surface area contributed by atoms with Gasteiger partial charge in [-0.2, -0.15) is 0 Å². The van der Waals surface area contributed by atoms with Crippen LogP contribution in [0.2, 0.25) is 0 Å². The summed E-state index contributed by atoms with van der Waals surface area (Å²) in [4.78, 5) is 30.1. The molecule has 132 valence electrons. The molecule has 0 aliphatic heterocycles. The fraction of sp³-hybridized carbons (Fsp3) is 0.238. The van der Waals surface area contributed by atoms with Gasteiger partial charge in [0.25, 0.3) is 11.5 Å². The summed E-state index contributed by atoms with van der Waals surface area (Å²) in [6.45, 7) is 2.55. The van der Waals surface area contributed by atoms with Gasteiger partial charge in [-0.05, 0) is 49.6 Å². The van der Waals surface area contributed by atoms with E-state index in [1.165, 1.54) is 0 Å². The average Bonchev–Trinajstić information content (AvgIpc) is 3.32. The van der Waals surface area contributed by atoms with Crippen molar-refractivity contribution in [3.63, 3.8) is 0 Å². The van der Waals surface area contributed by atoms with E-state index in [0.29, 0.717) is 18.0 Å². The average molecular weight is 348 g/mol. The van der Waals surface area contributed by atoms with Crippen LogP contribution >= 0.6 is 0 Å². The smallest absolute Gasteiger partial charge is 0.261 e. The second kappa shape index (κ2) is 6.67. The summed E-state index contributed by atoms with van der Waals surface area (Å²) in [5.41, 5.74) is 2.58. The maximum absolute atomic E-state index is 13.0. The summed E-state index contributed by atoms with van der Waals surface area (Å²) >= 11 is 0. The third kappa shape index (κ3) is 3.33. The number of amides is 1. The fourth-order valence-electron chi connectivity index (χ4n) is 3.13. The van der Waals surface area contributed by atoms with Crippen LogP contribution in [0.15, 0.2) is 64.0 Å². The Morgan fingerprint density at radius 2 is 2.04 bits per heavy atom. The largest absolute Gasteiger partial charge is 0.463 e. The summed E-state index contributed by atoms with van der Waals surface area (Å²) < 4.78 is 5.30. The van der Waals surface area contributed by atoms with Gasteiger partial charge in [0.15, 0.2) is 0 Å². The number of carbonyl (C=O) groups excluding carboxylic acids is 1. The molecule has 3 aromatic rings. The molecule has 1 saturated carbocycles. The monoisotopic (exact) mass is 348 g/mol. The summed E-state index contributed by atoms with van der Waals surface area (Å²) in [6.07, 6.45) is 3.52. The van der Waals surface area contributed by atoms with Crippen molar-refractivity contribution in [2.45, 2.75) is 32.4 Å². The van der Waals surface area contributed by atoms with Crippen molar-refractivity contribution in [3.05, 3.63) is 81.8 Å². The number of carbonyl (C=O) groups is 1. The summed E-state index contributed by atoms with van der Waals surface area (Å²) in [5, 5.41) is 0. The van der Waals surface area contributed by atoms with E-state index in [4.69, 9.17) is 4.42 Å². The highest BCUT2D eigenvalue weighted by Gasteiger charge is 2.34. The van der Waals surface area contributed by atoms with Crippen molar-refractivity contribution in [2.24, 2.45) is 0 Å². The van der Waals surface area contributed by atoms with Crippen LogP contribution in [0.1, 0.15) is 34.3 Å². The maximum atomic E-state index is 13.0. The van der Waals surface area contributed by atoms with Gasteiger partial charge in [0.2, 0.25) is 0 Å². The van der Waals surface area contributed by atoms with E-state index in [1.54, 1.807) is 30.5 Å². The Hall–Kier alpha value is -3.08. The van der Waals surface area contributed by atoms with Crippen LogP contribution in [0.4, 0.5) is 0 Å². The number of hydrogen-bond acceptors (Lipinski definition) is 3. The molecule has 4 rings (SSSR count). The summed E-state index contributed by atoms with van der Waals surface area (Å²) in [6, 6.07) is 15.1. The first kappa shape index (κ1) is 16.4. The lowest BCUT2D eigenvalue weighted by atomic mass is 10.1. The SMILES string of the molecule is Cc1cccc(CN(C(=O)c2ccc(-c3ccco3)[nH]c2=O)C2CC2)c1. The molecular weight excluding hydrogens is 328 g/mol. The second-order valence-electron chi connectivity index (χ2n) is 6.75. The van der Waals surface area contributed by atoms with Gasteiger partial charge < -0.3 is 14.3 Å². The zero-order chi connectivity index (χ0) is 18.1. The van der Waals surface area contributed by atoms with E-state index < -0.39 is 5.56 Å². The van der Waals surface area contributed by atoms with Gasteiger partial charge in [0, 0.05) is 12.6 Å². The minimum atomic E-state index is -0.390. The van der Waals surface area contributed by atoms with E-state index in [2.05, 4.69) is 11.1 Å². The van der Waals surface area contributed by atoms with Crippen molar-refractivity contribution in [2.75, 3.05) is 0 Å². The molecule has 5 nitrogen and oxygen atoms in total. The Balaban J connectivity index is 1.61. The predicted octanol–water partition coefficient (Wildman–Crippen LogP) is 3.75. The van der Waals surface area contributed by atoms with Gasteiger partial charge >= 0.3 is 0 Å². The minimum Gasteiger partial charge on any atom is -0.463 e. The Kier molecular flexibility index (Phi) is 4.21. The van der Waals surface area contributed by atoms with E-state index >= 15 is 0 Å². The van der Waals surface area contributed by atoms with Crippen molar-refractivity contribution in [1.29, 1.82) is 0 Å². The third-order valence-corrected chi connectivity index (χ3v) is 4.61. The number of H-pyrrole nitrogens is 1. The molecule has 26 heavy (non-hydrogen) atoms. The van der Waals surface area contributed by atoms with Gasteiger partial charge in [-0.25, -0.2) is 0 Å². The molecule has 2 heterocycles. The first-order chi connectivity index (χ1) is 12.6. The van der Waals surface area contributed by atoms with E-state index in [-0.39, 0.29) is 17.5 Å². The molecule has 0 unspecified atom stereocenters. The van der Waals surface area contributed by atoms with Gasteiger partial charge in [-0.1, -0.05) is 29.8 Å². The number of furan rings is 1. The molecule has 0 saturated heterocycles. The van der Waals surface area contributed by atoms with Crippen molar-refractivity contribution >= 4 is 5.91 Å². The highest BCUT2D eigenvalue weighted by molar-refractivity contribution is 5.94. The van der Waals surface area contributed by atoms with E-state index in [9.17, 15) is 9.59 Å². The molecule has 0 spiro atoms. The number of rotatable bonds is 5. The number of nitrogens with zero attached hydrogens (tertiary/aromatic N) is 1. The standard InChI is InChI=1S/C21H20N2O3/c1-14-4-2-5-15(12-14)13-23(16-7-8-16)21(25)17-9-10-18(22-20(17)24)19-6-3-11-26-19/h2-6,9-12,16H,7-8,13H2,1H3,(H,22,24). The third-order valence-electron chi connectivity index (χ3n) is 4.61. The Morgan fingerprint density at radius 1 is 1.19 bits per heavy atom. The summed E-state index contributed by atoms with van der Waals surface area (Å²) in [7, 11) is 0. The first-order valence-electron chi connectivity index (χ1n) is 8.75. The van der Waals surface area contributed by atoms with Crippen molar-refractivity contribution in [1.82, 2.24) is 9.88 Å². The topological polar surface area (TPSA) is 66.3 Å². The highest BCUT2D eigenvalue weighted by atomic mass is 16.3. The molecule has 1 aliphatic rings. The molecule has 1 N–H and O–H groups in total. The van der Waals surface area contributed by atoms with Crippen LogP contribution < -0.4 is 5.56 Å². The molecule has 1 aromatic carbocycles. The zero-order valence-electron chi connectivity index (χ0n) is 14.6. The zero-order valence-corrected chi connectivity index (χ0v) is 14.6. The summed E-state index contributed by atoms with van der Waals surface area (Å²) in [5.74, 6) is 0.348. The van der Waals surface area contributed by atoms with Crippen LogP contribution in [0.3, 0.4) is 0 Å². The molecule has 1 amide bonds. The van der Waals surface area contributed by atoms with Crippen LogP contribution in [0, 0.1) is 6.92 Å². The number of benzene rings is 1. The molecule has 2 aromatic heterocycles. The van der Waals surface area contributed by atoms with E-state index in [1.807, 2.05) is 30.0 Å². The highest BCUT2D eigenvalue weighted by Crippen LogP contribution is 2.29. The van der Waals surface area contributed by atoms with Crippen molar-refractivity contribution < 1.29 is 9.21 Å². The Morgan fingerprint density at radius 3 is 2.69 bits per heavy atom. The molecule has 1 aliphatic carbocycles. The van der Waals surface area contributed by atoms with Crippen LogP contribution in [-0.4, -0.2) is 21.8 Å². The first-order valence-corrected chi connectivity index (χ1v) is 8.75. The molecular formula is C21H20N2O3. The van der Waals surface area contributed by atoms with Gasteiger partial charge in [-0.3, -0.25) is 9.59 Å². The van der Waals surface area contributed by atoms with Crippen LogP contribution in [0.25, 0.3) is 11.5 Å². The van der Waals surface area contributed by atoms with E-state index in [0.717, 1.165) is 24.0 Å². The number of aromatic amines is 1. The lowest BCUT2D eigenvalue weighted by Gasteiger charge is -2.22. The van der Waals surface area contributed by atoms with Crippen molar-refractivity contribution in [3.8, 4) is 11.5 Å². The minimum absolute atomic E-state index is 0.167. The quantitative estimate of drug-likeness (QED) is 0.764. The predicted molar refractivity (Wildman–Crippen MR) is 98.8 cm³/mol. The molecule has 0 atom stereocenters. The number of aryl methyl sites for hydroxylation is 1. The second-order valence-corrected chi connectivity index (χ2v) is 6.75. The Labute approximate surface area is 151 Å². The molecule has 0 bridgehead atoms. The lowest BCUT2D eigenvalue weighted by Crippen LogP contribution is -2.36. The number of nitrogens with one attached hydrogen (secondary N) is 1. The molecule has 1 fully saturated rings. The number of pyridine rings is 1. The van der Waals surface area contributed by atoms with Crippen LogP contribution in [0.5, 0.6) is 0 Å². The van der Waals surface area contributed by atoms with Gasteiger partial charge in [0.05, 0.1) is 12.0 Å². The molecule has 0 radical (unpaired) electrons. The van der Waals surface area contributed by atoms with Crippen LogP contribution in [-0.2, 0) is 6.54 Å². The van der Waals surface area contributed by atoms with Gasteiger partial charge in [-0.15, -0.1) is 0 Å².